The highest BCUT2D eigenvalue weighted by molar-refractivity contribution is 5.89. The minimum atomic E-state index is -0.0572. The van der Waals surface area contributed by atoms with Crippen LogP contribution in [-0.4, -0.2) is 13.1 Å². The Labute approximate surface area is 90.7 Å². The van der Waals surface area contributed by atoms with Gasteiger partial charge in [-0.15, -0.1) is 0 Å². The summed E-state index contributed by atoms with van der Waals surface area (Å²) in [6, 6.07) is 0. The van der Waals surface area contributed by atoms with Crippen LogP contribution in [0.15, 0.2) is 11.1 Å². The molecule has 0 aromatic carbocycles. The average molecular weight is 206 g/mol. The highest BCUT2D eigenvalue weighted by atomic mass is 16.5. The van der Waals surface area contributed by atoms with Gasteiger partial charge in [0.05, 0.1) is 7.11 Å². The summed E-state index contributed by atoms with van der Waals surface area (Å²) < 4.78 is 4.91. The lowest BCUT2D eigenvalue weighted by molar-refractivity contribution is -0.136. The Kier molecular flexibility index (Phi) is 2.11. The Hall–Kier alpha value is -0.790. The Morgan fingerprint density at radius 1 is 1.07 bits per heavy atom. The molecule has 2 fully saturated rings. The highest BCUT2D eigenvalue weighted by Crippen LogP contribution is 2.50. The number of allylic oxidation sites excluding steroid dienone is 1. The third kappa shape index (κ3) is 1.51. The van der Waals surface area contributed by atoms with Gasteiger partial charge < -0.3 is 4.74 Å². The highest BCUT2D eigenvalue weighted by Gasteiger charge is 2.39. The Morgan fingerprint density at radius 3 is 2.13 bits per heavy atom. The van der Waals surface area contributed by atoms with Crippen LogP contribution in [0.3, 0.4) is 0 Å². The molecular formula is C13H18O2. The predicted molar refractivity (Wildman–Crippen MR) is 57.2 cm³/mol. The first-order valence-electron chi connectivity index (χ1n) is 6.05. The van der Waals surface area contributed by atoms with Gasteiger partial charge in [-0.3, -0.25) is 0 Å². The molecule has 4 aliphatic rings. The summed E-state index contributed by atoms with van der Waals surface area (Å²) in [5.41, 5.74) is 2.47. The second-order valence-corrected chi connectivity index (χ2v) is 5.49. The van der Waals surface area contributed by atoms with E-state index in [1.165, 1.54) is 44.8 Å². The molecule has 0 spiro atoms. The van der Waals surface area contributed by atoms with E-state index in [2.05, 4.69) is 0 Å². The summed E-state index contributed by atoms with van der Waals surface area (Å²) in [5.74, 6) is 2.46. The molecule has 4 bridgehead atoms. The molecule has 15 heavy (non-hydrogen) atoms. The van der Waals surface area contributed by atoms with Crippen molar-refractivity contribution in [1.82, 2.24) is 0 Å². The number of ether oxygens (including phenoxy) is 1. The number of hydrogen-bond donors (Lipinski definition) is 0. The first-order valence-corrected chi connectivity index (χ1v) is 6.05. The van der Waals surface area contributed by atoms with E-state index in [1.807, 2.05) is 0 Å². The third-order valence-corrected chi connectivity index (χ3v) is 4.42. The van der Waals surface area contributed by atoms with Crippen LogP contribution in [-0.2, 0) is 9.53 Å². The lowest BCUT2D eigenvalue weighted by atomic mass is 9.68. The van der Waals surface area contributed by atoms with Crippen LogP contribution in [0, 0.1) is 17.8 Å². The molecule has 1 unspecified atom stereocenters. The molecule has 0 saturated heterocycles. The molecule has 4 aliphatic carbocycles. The fourth-order valence-electron chi connectivity index (χ4n) is 4.01. The van der Waals surface area contributed by atoms with Crippen molar-refractivity contribution in [2.45, 2.75) is 38.5 Å². The summed E-state index contributed by atoms with van der Waals surface area (Å²) in [4.78, 5) is 11.7. The molecule has 82 valence electrons. The van der Waals surface area contributed by atoms with E-state index in [9.17, 15) is 4.79 Å². The first-order chi connectivity index (χ1) is 7.26. The van der Waals surface area contributed by atoms with Crippen molar-refractivity contribution in [3.8, 4) is 0 Å². The zero-order chi connectivity index (χ0) is 10.4. The van der Waals surface area contributed by atoms with Gasteiger partial charge >= 0.3 is 5.97 Å². The fourth-order valence-corrected chi connectivity index (χ4v) is 4.01. The van der Waals surface area contributed by atoms with Crippen LogP contribution < -0.4 is 0 Å². The van der Waals surface area contributed by atoms with Crippen LogP contribution in [0.5, 0.6) is 0 Å². The number of carbonyl (C=O) groups excluding carboxylic acids is 1. The van der Waals surface area contributed by atoms with Gasteiger partial charge in [0.1, 0.15) is 0 Å². The molecule has 0 aliphatic heterocycles. The molecule has 2 saturated carbocycles. The van der Waals surface area contributed by atoms with Gasteiger partial charge in [0.25, 0.3) is 0 Å². The van der Waals surface area contributed by atoms with E-state index < -0.39 is 0 Å². The molecule has 0 heterocycles. The van der Waals surface area contributed by atoms with Crippen LogP contribution in [0.25, 0.3) is 0 Å². The van der Waals surface area contributed by atoms with Crippen molar-refractivity contribution in [1.29, 1.82) is 0 Å². The predicted octanol–water partition coefficient (Wildman–Crippen LogP) is 2.69. The Balaban J connectivity index is 1.97. The quantitative estimate of drug-likeness (QED) is 0.616. The van der Waals surface area contributed by atoms with E-state index in [-0.39, 0.29) is 5.97 Å². The molecule has 2 nitrogen and oxygen atoms in total. The van der Waals surface area contributed by atoms with E-state index in [4.69, 9.17) is 4.74 Å². The van der Waals surface area contributed by atoms with Crippen molar-refractivity contribution < 1.29 is 9.53 Å². The molecule has 4 rings (SSSR count). The lowest BCUT2D eigenvalue weighted by Gasteiger charge is -2.37. The van der Waals surface area contributed by atoms with Crippen molar-refractivity contribution in [2.24, 2.45) is 17.8 Å². The molecule has 2 heteroatoms. The molecule has 0 radical (unpaired) electrons. The number of esters is 1. The normalized spacial score (nSPS) is 38.1. The van der Waals surface area contributed by atoms with Crippen LogP contribution in [0.2, 0.25) is 0 Å². The monoisotopic (exact) mass is 206 g/mol. The minimum absolute atomic E-state index is 0.0572. The van der Waals surface area contributed by atoms with Gasteiger partial charge in [0.2, 0.25) is 0 Å². The molecule has 0 N–H and O–H groups in total. The Bertz CT molecular complexity index is 313. The van der Waals surface area contributed by atoms with Gasteiger partial charge in [0.15, 0.2) is 0 Å². The summed E-state index contributed by atoms with van der Waals surface area (Å²) in [5, 5.41) is 0. The molecular weight excluding hydrogens is 188 g/mol. The van der Waals surface area contributed by atoms with E-state index >= 15 is 0 Å². The van der Waals surface area contributed by atoms with Gasteiger partial charge in [-0.05, 0) is 56.3 Å². The summed E-state index contributed by atoms with van der Waals surface area (Å²) in [6.07, 6.45) is 7.46. The van der Waals surface area contributed by atoms with Crippen LogP contribution in [0.1, 0.15) is 38.5 Å². The van der Waals surface area contributed by atoms with Gasteiger partial charge in [-0.2, -0.15) is 0 Å². The van der Waals surface area contributed by atoms with Gasteiger partial charge in [0, 0.05) is 5.57 Å². The fraction of sp³-hybridized carbons (Fsp3) is 0.769. The van der Waals surface area contributed by atoms with E-state index in [1.54, 1.807) is 0 Å². The van der Waals surface area contributed by atoms with Crippen molar-refractivity contribution in [3.05, 3.63) is 11.1 Å². The largest absolute Gasteiger partial charge is 0.466 e. The van der Waals surface area contributed by atoms with Crippen molar-refractivity contribution in [2.75, 3.05) is 7.11 Å². The number of hydrogen-bond acceptors (Lipinski definition) is 2. The van der Waals surface area contributed by atoms with E-state index in [0.29, 0.717) is 0 Å². The molecule has 0 amide bonds. The standard InChI is InChI=1S/C13H18O2/c1-15-13(14)12-7-10-3-8-2-9(4-10)6-11(12)5-8/h8-10H,2-7H2,1H3/t8-,9+,10?. The topological polar surface area (TPSA) is 26.3 Å². The third-order valence-electron chi connectivity index (χ3n) is 4.42. The SMILES string of the molecule is COC(=O)C1=C2C[C@@H]3CC(C1)C[C@H](C2)C3. The second-order valence-electron chi connectivity index (χ2n) is 5.49. The maximum atomic E-state index is 11.7. The zero-order valence-electron chi connectivity index (χ0n) is 9.29. The average Bonchev–Trinajstić information content (AvgIpc) is 2.42. The number of methoxy groups -OCH3 is 1. The molecule has 3 atom stereocenters. The summed E-state index contributed by atoms with van der Waals surface area (Å²) >= 11 is 0. The van der Waals surface area contributed by atoms with Crippen molar-refractivity contribution >= 4 is 5.97 Å². The second kappa shape index (κ2) is 3.36. The first kappa shape index (κ1) is 9.44. The smallest absolute Gasteiger partial charge is 0.333 e. The number of carbonyl (C=O) groups is 1. The number of fused-ring (bicyclic) bond motifs is 1. The number of rotatable bonds is 1. The maximum absolute atomic E-state index is 11.7. The maximum Gasteiger partial charge on any atom is 0.333 e. The zero-order valence-corrected chi connectivity index (χ0v) is 9.29. The molecule has 0 aromatic heterocycles. The summed E-state index contributed by atoms with van der Waals surface area (Å²) in [6.45, 7) is 0. The van der Waals surface area contributed by atoms with Crippen LogP contribution in [0.4, 0.5) is 0 Å². The lowest BCUT2D eigenvalue weighted by Crippen LogP contribution is -2.25. The molecule has 0 aromatic rings. The Morgan fingerprint density at radius 2 is 1.60 bits per heavy atom. The van der Waals surface area contributed by atoms with Gasteiger partial charge in [-0.25, -0.2) is 4.79 Å². The van der Waals surface area contributed by atoms with Crippen molar-refractivity contribution in [3.63, 3.8) is 0 Å². The minimum Gasteiger partial charge on any atom is -0.466 e. The van der Waals surface area contributed by atoms with Crippen LogP contribution >= 0.6 is 0 Å². The van der Waals surface area contributed by atoms with Gasteiger partial charge in [-0.1, -0.05) is 5.57 Å². The van der Waals surface area contributed by atoms with E-state index in [0.717, 1.165) is 29.7 Å². The summed E-state index contributed by atoms with van der Waals surface area (Å²) in [7, 11) is 1.51.